The van der Waals surface area contributed by atoms with Gasteiger partial charge in [-0.2, -0.15) is 4.31 Å². The van der Waals surface area contributed by atoms with E-state index in [0.717, 1.165) is 8.78 Å². The third-order valence-corrected chi connectivity index (χ3v) is 7.09. The second-order valence-corrected chi connectivity index (χ2v) is 10.1. The van der Waals surface area contributed by atoms with Gasteiger partial charge in [-0.05, 0) is 61.0 Å². The Balaban J connectivity index is 1.87. The summed E-state index contributed by atoms with van der Waals surface area (Å²) < 4.78 is 34.1. The summed E-state index contributed by atoms with van der Waals surface area (Å²) in [6.07, 6.45) is 0. The summed E-state index contributed by atoms with van der Waals surface area (Å²) >= 11 is 9.26. The molecule has 1 N–H and O–H groups in total. The van der Waals surface area contributed by atoms with Crippen molar-refractivity contribution in [3.63, 3.8) is 0 Å². The van der Waals surface area contributed by atoms with Crippen molar-refractivity contribution in [3.05, 3.63) is 87.9 Å². The van der Waals surface area contributed by atoms with Gasteiger partial charge in [-0.15, -0.1) is 0 Å². The maximum Gasteiger partial charge on any atom is 0.243 e. The van der Waals surface area contributed by atoms with Crippen LogP contribution in [0.15, 0.2) is 82.2 Å². The van der Waals surface area contributed by atoms with E-state index in [2.05, 4.69) is 21.2 Å². The van der Waals surface area contributed by atoms with Crippen molar-refractivity contribution >= 4 is 49.1 Å². The predicted molar refractivity (Wildman–Crippen MR) is 129 cm³/mol. The molecular weight excluding hydrogens is 516 g/mol. The van der Waals surface area contributed by atoms with Gasteiger partial charge in [-0.25, -0.2) is 8.42 Å². The number of ether oxygens (including phenoxy) is 1. The summed E-state index contributed by atoms with van der Waals surface area (Å²) in [5.74, 6) is 0.0372. The van der Waals surface area contributed by atoms with E-state index in [1.54, 1.807) is 60.7 Å². The number of nitrogens with one attached hydrogen (secondary N) is 1. The Kier molecular flexibility index (Phi) is 8.31. The van der Waals surface area contributed by atoms with Gasteiger partial charge < -0.3 is 10.1 Å². The van der Waals surface area contributed by atoms with Gasteiger partial charge in [0.2, 0.25) is 15.9 Å². The minimum atomic E-state index is -3.95. The van der Waals surface area contributed by atoms with Crippen LogP contribution in [-0.4, -0.2) is 31.8 Å². The van der Waals surface area contributed by atoms with Crippen LogP contribution in [0.2, 0.25) is 5.02 Å². The van der Waals surface area contributed by atoms with E-state index in [0.29, 0.717) is 28.6 Å². The maximum absolute atomic E-state index is 13.4. The van der Waals surface area contributed by atoms with Gasteiger partial charge in [-0.1, -0.05) is 51.8 Å². The number of carbonyl (C=O) groups is 1. The Bertz CT molecular complexity index is 1170. The van der Waals surface area contributed by atoms with Gasteiger partial charge in [0.05, 0.1) is 23.7 Å². The topological polar surface area (TPSA) is 75.7 Å². The molecule has 3 rings (SSSR count). The number of halogens is 2. The van der Waals surface area contributed by atoms with E-state index < -0.39 is 15.9 Å². The van der Waals surface area contributed by atoms with Crippen LogP contribution in [0.3, 0.4) is 0 Å². The van der Waals surface area contributed by atoms with Crippen molar-refractivity contribution in [1.29, 1.82) is 0 Å². The first-order valence-corrected chi connectivity index (χ1v) is 12.4. The minimum Gasteiger partial charge on any atom is -0.492 e. The Morgan fingerprint density at radius 2 is 1.69 bits per heavy atom. The van der Waals surface area contributed by atoms with Crippen molar-refractivity contribution in [2.24, 2.45) is 0 Å². The molecule has 0 atom stereocenters. The second kappa shape index (κ2) is 11.0. The van der Waals surface area contributed by atoms with Crippen LogP contribution in [0.5, 0.6) is 5.75 Å². The highest BCUT2D eigenvalue weighted by atomic mass is 79.9. The molecule has 0 aromatic heterocycles. The summed E-state index contributed by atoms with van der Waals surface area (Å²) in [4.78, 5) is 12.9. The number of benzene rings is 3. The van der Waals surface area contributed by atoms with Gasteiger partial charge >= 0.3 is 0 Å². The fraction of sp³-hybridized carbons (Fsp3) is 0.174. The molecular formula is C23H22BrClN2O4S. The van der Waals surface area contributed by atoms with E-state index in [-0.39, 0.29) is 18.0 Å². The highest BCUT2D eigenvalue weighted by Gasteiger charge is 2.27. The number of carbonyl (C=O) groups excluding carboxylic acids is 1. The molecule has 3 aromatic rings. The third-order valence-electron chi connectivity index (χ3n) is 4.50. The van der Waals surface area contributed by atoms with Crippen LogP contribution in [0, 0.1) is 0 Å². The highest BCUT2D eigenvalue weighted by Crippen LogP contribution is 2.25. The summed E-state index contributed by atoms with van der Waals surface area (Å²) in [5.41, 5.74) is 1.18. The molecule has 0 aliphatic heterocycles. The molecule has 0 bridgehead atoms. The van der Waals surface area contributed by atoms with Crippen molar-refractivity contribution in [1.82, 2.24) is 4.31 Å². The zero-order chi connectivity index (χ0) is 23.1. The monoisotopic (exact) mass is 536 g/mol. The lowest BCUT2D eigenvalue weighted by Crippen LogP contribution is -2.37. The van der Waals surface area contributed by atoms with Crippen molar-refractivity contribution < 1.29 is 17.9 Å². The molecule has 3 aromatic carbocycles. The second-order valence-electron chi connectivity index (χ2n) is 6.83. The zero-order valence-electron chi connectivity index (χ0n) is 17.3. The summed E-state index contributed by atoms with van der Waals surface area (Å²) in [7, 11) is -3.95. The predicted octanol–water partition coefficient (Wildman–Crippen LogP) is 5.33. The number of hydrogen-bond acceptors (Lipinski definition) is 4. The number of rotatable bonds is 9. The van der Waals surface area contributed by atoms with Crippen LogP contribution >= 0.6 is 27.5 Å². The number of sulfonamides is 1. The Morgan fingerprint density at radius 3 is 2.34 bits per heavy atom. The van der Waals surface area contributed by atoms with E-state index in [4.69, 9.17) is 16.3 Å². The standard InChI is InChI=1S/C23H22BrClN2O4S/c1-2-31-22-6-4-3-5-21(22)26-23(28)16-27(15-17-7-11-19(25)12-8-17)32(29,30)20-13-9-18(24)10-14-20/h3-14H,2,15-16H2,1H3,(H,26,28). The summed E-state index contributed by atoms with van der Waals surface area (Å²) in [6.45, 7) is 1.92. The fourth-order valence-electron chi connectivity index (χ4n) is 2.98. The first-order valence-electron chi connectivity index (χ1n) is 9.81. The normalized spacial score (nSPS) is 11.4. The van der Waals surface area contributed by atoms with Gasteiger partial charge in [0, 0.05) is 16.0 Å². The van der Waals surface area contributed by atoms with Gasteiger partial charge in [0.1, 0.15) is 5.75 Å². The molecule has 0 aliphatic rings. The average Bonchev–Trinajstić information content (AvgIpc) is 2.76. The lowest BCUT2D eigenvalue weighted by molar-refractivity contribution is -0.116. The van der Waals surface area contributed by atoms with Crippen LogP contribution in [0.1, 0.15) is 12.5 Å². The molecule has 0 fully saturated rings. The quantitative estimate of drug-likeness (QED) is 0.400. The van der Waals surface area contributed by atoms with Gasteiger partial charge in [-0.3, -0.25) is 4.79 Å². The number of para-hydroxylation sites is 2. The molecule has 0 saturated carbocycles. The molecule has 168 valence electrons. The van der Waals surface area contributed by atoms with Crippen LogP contribution in [0.25, 0.3) is 0 Å². The number of amides is 1. The average molecular weight is 538 g/mol. The Morgan fingerprint density at radius 1 is 1.03 bits per heavy atom. The summed E-state index contributed by atoms with van der Waals surface area (Å²) in [5, 5.41) is 3.30. The largest absolute Gasteiger partial charge is 0.492 e. The number of anilines is 1. The van der Waals surface area contributed by atoms with Crippen molar-refractivity contribution in [3.8, 4) is 5.75 Å². The fourth-order valence-corrected chi connectivity index (χ4v) is 4.75. The maximum atomic E-state index is 13.4. The minimum absolute atomic E-state index is 0.0100. The van der Waals surface area contributed by atoms with Gasteiger partial charge in [0.15, 0.2) is 0 Å². The molecule has 9 heteroatoms. The van der Waals surface area contributed by atoms with E-state index >= 15 is 0 Å². The van der Waals surface area contributed by atoms with E-state index in [1.807, 2.05) is 6.92 Å². The lowest BCUT2D eigenvalue weighted by Gasteiger charge is -2.22. The molecule has 6 nitrogen and oxygen atoms in total. The van der Waals surface area contributed by atoms with E-state index in [1.165, 1.54) is 12.1 Å². The highest BCUT2D eigenvalue weighted by molar-refractivity contribution is 9.10. The molecule has 0 aliphatic carbocycles. The molecule has 0 heterocycles. The van der Waals surface area contributed by atoms with Gasteiger partial charge in [0.25, 0.3) is 0 Å². The number of hydrogen-bond donors (Lipinski definition) is 1. The SMILES string of the molecule is CCOc1ccccc1NC(=O)CN(Cc1ccc(Cl)cc1)S(=O)(=O)c1ccc(Br)cc1. The molecule has 32 heavy (non-hydrogen) atoms. The number of nitrogens with zero attached hydrogens (tertiary/aromatic N) is 1. The summed E-state index contributed by atoms with van der Waals surface area (Å²) in [6, 6.07) is 20.1. The smallest absolute Gasteiger partial charge is 0.243 e. The Labute approximate surface area is 201 Å². The first kappa shape index (κ1) is 24.3. The molecule has 1 amide bonds. The first-order chi connectivity index (χ1) is 15.3. The van der Waals surface area contributed by atoms with Crippen LogP contribution in [0.4, 0.5) is 5.69 Å². The van der Waals surface area contributed by atoms with Crippen LogP contribution in [-0.2, 0) is 21.4 Å². The molecule has 0 radical (unpaired) electrons. The van der Waals surface area contributed by atoms with E-state index in [9.17, 15) is 13.2 Å². The molecule has 0 unspecified atom stereocenters. The third kappa shape index (κ3) is 6.32. The van der Waals surface area contributed by atoms with Crippen molar-refractivity contribution in [2.75, 3.05) is 18.5 Å². The Hall–Kier alpha value is -2.39. The lowest BCUT2D eigenvalue weighted by atomic mass is 10.2. The molecule has 0 spiro atoms. The van der Waals surface area contributed by atoms with Crippen LogP contribution < -0.4 is 10.1 Å². The molecule has 0 saturated heterocycles. The zero-order valence-corrected chi connectivity index (χ0v) is 20.5. The van der Waals surface area contributed by atoms with Crippen molar-refractivity contribution in [2.45, 2.75) is 18.4 Å².